The van der Waals surface area contributed by atoms with E-state index in [1.807, 2.05) is 32.9 Å². The van der Waals surface area contributed by atoms with E-state index < -0.39 is 0 Å². The van der Waals surface area contributed by atoms with Crippen LogP contribution >= 0.6 is 0 Å². The smallest absolute Gasteiger partial charge is 0.310 e. The summed E-state index contributed by atoms with van der Waals surface area (Å²) in [6.07, 6.45) is 2.99. The molecule has 5 heteroatoms. The normalized spacial score (nSPS) is 11.1. The molecule has 1 aromatic carbocycles. The first-order valence-electron chi connectivity index (χ1n) is 8.42. The molecule has 1 rings (SSSR count). The number of esters is 2. The molecule has 24 heavy (non-hydrogen) atoms. The first-order chi connectivity index (χ1) is 11.3. The lowest BCUT2D eigenvalue weighted by Gasteiger charge is -2.17. The summed E-state index contributed by atoms with van der Waals surface area (Å²) in [5.41, 5.74) is 7.15. The van der Waals surface area contributed by atoms with Gasteiger partial charge in [0.05, 0.1) is 19.6 Å². The average molecular weight is 335 g/mol. The number of rotatable bonds is 9. The van der Waals surface area contributed by atoms with Crippen molar-refractivity contribution < 1.29 is 19.1 Å². The third kappa shape index (κ3) is 9.87. The van der Waals surface area contributed by atoms with Crippen LogP contribution in [0.4, 0.5) is 5.69 Å². The zero-order chi connectivity index (χ0) is 18.0. The third-order valence-corrected chi connectivity index (χ3v) is 3.28. The van der Waals surface area contributed by atoms with Crippen LogP contribution in [0.15, 0.2) is 24.3 Å². The van der Waals surface area contributed by atoms with E-state index >= 15 is 0 Å². The summed E-state index contributed by atoms with van der Waals surface area (Å²) in [5.74, 6) is -0.408. The van der Waals surface area contributed by atoms with Gasteiger partial charge >= 0.3 is 11.9 Å². The lowest BCUT2D eigenvalue weighted by atomic mass is 9.99. The van der Waals surface area contributed by atoms with E-state index in [9.17, 15) is 9.59 Å². The van der Waals surface area contributed by atoms with E-state index in [0.717, 1.165) is 24.8 Å². The molecule has 0 fully saturated rings. The number of unbranched alkanes of at least 4 members (excludes halogenated alkanes) is 2. The van der Waals surface area contributed by atoms with Crippen molar-refractivity contribution in [3.05, 3.63) is 29.8 Å². The van der Waals surface area contributed by atoms with Gasteiger partial charge < -0.3 is 15.2 Å². The Morgan fingerprint density at radius 3 is 2.25 bits per heavy atom. The molecule has 0 aliphatic carbocycles. The maximum Gasteiger partial charge on any atom is 0.310 e. The minimum absolute atomic E-state index is 0.00562. The summed E-state index contributed by atoms with van der Waals surface area (Å²) >= 11 is 0. The standard InChI is InChI=1S/C19H29NO4/c1-19(2,3)14-24-17(21)7-5-4-6-12-23-18(22)13-15-8-10-16(20)11-9-15/h8-11H,4-7,12-14,20H2,1-3H3. The second kappa shape index (κ2) is 9.96. The second-order valence-corrected chi connectivity index (χ2v) is 7.17. The van der Waals surface area contributed by atoms with E-state index in [1.54, 1.807) is 12.1 Å². The fourth-order valence-electron chi connectivity index (χ4n) is 1.96. The van der Waals surface area contributed by atoms with Crippen molar-refractivity contribution >= 4 is 17.6 Å². The van der Waals surface area contributed by atoms with Crippen LogP contribution in [0.2, 0.25) is 0 Å². The zero-order valence-corrected chi connectivity index (χ0v) is 15.0. The van der Waals surface area contributed by atoms with Crippen LogP contribution in [0.5, 0.6) is 0 Å². The van der Waals surface area contributed by atoms with Crippen LogP contribution in [-0.4, -0.2) is 25.2 Å². The molecule has 134 valence electrons. The number of nitrogens with two attached hydrogens (primary N) is 1. The van der Waals surface area contributed by atoms with Crippen LogP contribution < -0.4 is 5.73 Å². The van der Waals surface area contributed by atoms with Crippen LogP contribution in [0.25, 0.3) is 0 Å². The highest BCUT2D eigenvalue weighted by molar-refractivity contribution is 5.72. The van der Waals surface area contributed by atoms with Crippen molar-refractivity contribution in [2.75, 3.05) is 18.9 Å². The minimum atomic E-state index is -0.246. The van der Waals surface area contributed by atoms with Crippen molar-refractivity contribution in [3.8, 4) is 0 Å². The van der Waals surface area contributed by atoms with Gasteiger partial charge in [-0.2, -0.15) is 0 Å². The molecule has 2 N–H and O–H groups in total. The van der Waals surface area contributed by atoms with Gasteiger partial charge in [0, 0.05) is 12.1 Å². The van der Waals surface area contributed by atoms with E-state index in [-0.39, 0.29) is 23.8 Å². The lowest BCUT2D eigenvalue weighted by molar-refractivity contribution is -0.147. The molecular weight excluding hydrogens is 306 g/mol. The summed E-state index contributed by atoms with van der Waals surface area (Å²) in [7, 11) is 0. The molecule has 0 radical (unpaired) electrons. The van der Waals surface area contributed by atoms with E-state index in [0.29, 0.717) is 25.3 Å². The summed E-state index contributed by atoms with van der Waals surface area (Å²) in [4.78, 5) is 23.2. The molecule has 0 heterocycles. The molecular formula is C19H29NO4. The summed E-state index contributed by atoms with van der Waals surface area (Å²) in [6.45, 7) is 6.90. The van der Waals surface area contributed by atoms with Crippen LogP contribution in [0, 0.1) is 5.41 Å². The zero-order valence-electron chi connectivity index (χ0n) is 15.0. The van der Waals surface area contributed by atoms with E-state index in [4.69, 9.17) is 15.2 Å². The Morgan fingerprint density at radius 1 is 0.958 bits per heavy atom. The maximum absolute atomic E-state index is 11.7. The lowest BCUT2D eigenvalue weighted by Crippen LogP contribution is -2.18. The van der Waals surface area contributed by atoms with Crippen molar-refractivity contribution in [1.82, 2.24) is 0 Å². The molecule has 0 saturated heterocycles. The van der Waals surface area contributed by atoms with Gasteiger partial charge in [0.2, 0.25) is 0 Å². The van der Waals surface area contributed by atoms with Gasteiger partial charge in [-0.15, -0.1) is 0 Å². The Balaban J connectivity index is 2.04. The Kier molecular flexibility index (Phi) is 8.30. The fourth-order valence-corrected chi connectivity index (χ4v) is 1.96. The highest BCUT2D eigenvalue weighted by Gasteiger charge is 2.13. The number of hydrogen-bond acceptors (Lipinski definition) is 5. The number of carbonyl (C=O) groups excluding carboxylic acids is 2. The average Bonchev–Trinajstić information content (AvgIpc) is 2.50. The topological polar surface area (TPSA) is 78.6 Å². The summed E-state index contributed by atoms with van der Waals surface area (Å²) in [5, 5.41) is 0. The van der Waals surface area contributed by atoms with Crippen molar-refractivity contribution in [2.45, 2.75) is 52.9 Å². The van der Waals surface area contributed by atoms with Gasteiger partial charge in [0.15, 0.2) is 0 Å². The number of nitrogen functional groups attached to an aromatic ring is 1. The van der Waals surface area contributed by atoms with E-state index in [1.165, 1.54) is 0 Å². The Bertz CT molecular complexity index is 517. The van der Waals surface area contributed by atoms with Crippen LogP contribution in [-0.2, 0) is 25.5 Å². The van der Waals surface area contributed by atoms with Crippen molar-refractivity contribution in [2.24, 2.45) is 5.41 Å². The van der Waals surface area contributed by atoms with Gasteiger partial charge in [-0.05, 0) is 42.4 Å². The molecule has 0 aliphatic rings. The maximum atomic E-state index is 11.7. The van der Waals surface area contributed by atoms with E-state index in [2.05, 4.69) is 0 Å². The van der Waals surface area contributed by atoms with Crippen molar-refractivity contribution in [1.29, 1.82) is 0 Å². The number of carbonyl (C=O) groups is 2. The molecule has 0 amide bonds. The Labute approximate surface area is 144 Å². The fraction of sp³-hybridized carbons (Fsp3) is 0.579. The van der Waals surface area contributed by atoms with Gasteiger partial charge in [-0.1, -0.05) is 32.9 Å². The summed E-state index contributed by atoms with van der Waals surface area (Å²) in [6, 6.07) is 7.17. The highest BCUT2D eigenvalue weighted by atomic mass is 16.5. The number of anilines is 1. The van der Waals surface area contributed by atoms with Gasteiger partial charge in [-0.25, -0.2) is 0 Å². The van der Waals surface area contributed by atoms with Crippen molar-refractivity contribution in [3.63, 3.8) is 0 Å². The number of hydrogen-bond donors (Lipinski definition) is 1. The predicted octanol–water partition coefficient (Wildman–Crippen LogP) is 3.50. The second-order valence-electron chi connectivity index (χ2n) is 7.17. The first-order valence-corrected chi connectivity index (χ1v) is 8.42. The molecule has 5 nitrogen and oxygen atoms in total. The summed E-state index contributed by atoms with van der Waals surface area (Å²) < 4.78 is 10.4. The number of ether oxygens (including phenoxy) is 2. The molecule has 0 unspecified atom stereocenters. The molecule has 0 atom stereocenters. The van der Waals surface area contributed by atoms with Crippen LogP contribution in [0.3, 0.4) is 0 Å². The molecule has 0 bridgehead atoms. The molecule has 0 aromatic heterocycles. The Hall–Kier alpha value is -2.04. The minimum Gasteiger partial charge on any atom is -0.465 e. The SMILES string of the molecule is CC(C)(C)COC(=O)CCCCCOC(=O)Cc1ccc(N)cc1. The van der Waals surface area contributed by atoms with Gasteiger partial charge in [0.1, 0.15) is 0 Å². The molecule has 0 spiro atoms. The molecule has 1 aromatic rings. The monoisotopic (exact) mass is 335 g/mol. The van der Waals surface area contributed by atoms with Gasteiger partial charge in [0.25, 0.3) is 0 Å². The van der Waals surface area contributed by atoms with Gasteiger partial charge in [-0.3, -0.25) is 9.59 Å². The third-order valence-electron chi connectivity index (χ3n) is 3.28. The highest BCUT2D eigenvalue weighted by Crippen LogP contribution is 2.14. The Morgan fingerprint density at radius 2 is 1.62 bits per heavy atom. The molecule has 0 aliphatic heterocycles. The first kappa shape index (κ1) is 20.0. The largest absolute Gasteiger partial charge is 0.465 e. The predicted molar refractivity (Wildman–Crippen MR) is 94.4 cm³/mol. The molecule has 0 saturated carbocycles. The quantitative estimate of drug-likeness (QED) is 0.424. The number of benzene rings is 1. The van der Waals surface area contributed by atoms with Crippen LogP contribution in [0.1, 0.15) is 52.0 Å².